The number of benzene rings is 2. The Bertz CT molecular complexity index is 943. The van der Waals surface area contributed by atoms with Crippen LogP contribution in [0.4, 0.5) is 5.69 Å². The lowest BCUT2D eigenvalue weighted by atomic mass is 9.83. The second kappa shape index (κ2) is 6.91. The Morgan fingerprint density at radius 1 is 1.15 bits per heavy atom. The number of hydrogen-bond acceptors (Lipinski definition) is 5. The van der Waals surface area contributed by atoms with Gasteiger partial charge < -0.3 is 14.7 Å². The Hall–Kier alpha value is -3.08. The van der Waals surface area contributed by atoms with Crippen LogP contribution < -0.4 is 4.90 Å². The molecule has 0 radical (unpaired) electrons. The van der Waals surface area contributed by atoms with Gasteiger partial charge in [0.15, 0.2) is 12.4 Å². The molecule has 140 valence electrons. The van der Waals surface area contributed by atoms with Gasteiger partial charge in [0.25, 0.3) is 0 Å². The van der Waals surface area contributed by atoms with Gasteiger partial charge in [-0.05, 0) is 30.2 Å². The molecular weight excluding hydrogens is 342 g/mol. The number of rotatable bonds is 4. The Morgan fingerprint density at radius 3 is 2.56 bits per heavy atom. The first-order valence-corrected chi connectivity index (χ1v) is 8.77. The summed E-state index contributed by atoms with van der Waals surface area (Å²) in [6.45, 7) is 5.43. The molecule has 5 nitrogen and oxygen atoms in total. The van der Waals surface area contributed by atoms with Crippen LogP contribution in [0.25, 0.3) is 0 Å². The van der Waals surface area contributed by atoms with E-state index in [-0.39, 0.29) is 29.1 Å². The number of likely N-dealkylation sites (N-methyl/N-ethyl adjacent to an activating group) is 1. The highest BCUT2D eigenvalue weighted by Gasteiger charge is 2.38. The molecule has 0 spiro atoms. The number of hydrogen-bond donors (Lipinski definition) is 1. The molecule has 0 fully saturated rings. The van der Waals surface area contributed by atoms with Crippen LogP contribution >= 0.6 is 0 Å². The van der Waals surface area contributed by atoms with Gasteiger partial charge in [0, 0.05) is 29.9 Å². The van der Waals surface area contributed by atoms with Gasteiger partial charge in [0.05, 0.1) is 0 Å². The zero-order chi connectivity index (χ0) is 19.8. The van der Waals surface area contributed by atoms with Gasteiger partial charge in [0.1, 0.15) is 11.3 Å². The van der Waals surface area contributed by atoms with E-state index in [1.807, 2.05) is 30.1 Å². The van der Waals surface area contributed by atoms with Crippen molar-refractivity contribution in [2.24, 2.45) is 0 Å². The second-order valence-electron chi connectivity index (χ2n) is 7.24. The molecule has 0 saturated carbocycles. The number of carbonyl (C=O) groups is 2. The maximum Gasteiger partial charge on any atom is 0.342 e. The molecule has 1 aliphatic rings. The highest BCUT2D eigenvalue weighted by Crippen LogP contribution is 2.46. The van der Waals surface area contributed by atoms with E-state index in [1.165, 1.54) is 12.1 Å². The van der Waals surface area contributed by atoms with Gasteiger partial charge in [-0.3, -0.25) is 4.79 Å². The monoisotopic (exact) mass is 365 g/mol. The van der Waals surface area contributed by atoms with Gasteiger partial charge in [0.2, 0.25) is 0 Å². The van der Waals surface area contributed by atoms with Crippen LogP contribution in [-0.4, -0.2) is 30.5 Å². The van der Waals surface area contributed by atoms with Gasteiger partial charge in [-0.25, -0.2) is 4.79 Å². The molecule has 0 bridgehead atoms. The summed E-state index contributed by atoms with van der Waals surface area (Å²) in [5.41, 5.74) is 3.37. The first-order chi connectivity index (χ1) is 12.7. The minimum absolute atomic E-state index is 0.0566. The fraction of sp³-hybridized carbons (Fsp3) is 0.273. The predicted octanol–water partition coefficient (Wildman–Crippen LogP) is 3.74. The fourth-order valence-corrected chi connectivity index (χ4v) is 3.49. The van der Waals surface area contributed by atoms with Crippen molar-refractivity contribution in [2.45, 2.75) is 26.2 Å². The fourth-order valence-electron chi connectivity index (χ4n) is 3.49. The van der Waals surface area contributed by atoms with Crippen LogP contribution in [0, 0.1) is 6.92 Å². The minimum atomic E-state index is -0.717. The molecule has 0 aromatic heterocycles. The summed E-state index contributed by atoms with van der Waals surface area (Å²) in [5.74, 6) is -1.15. The molecule has 0 atom stereocenters. The number of nitrogens with zero attached hydrogens (tertiary/aromatic N) is 1. The van der Waals surface area contributed by atoms with E-state index in [0.29, 0.717) is 5.56 Å². The zero-order valence-corrected chi connectivity index (χ0v) is 15.9. The number of phenolic OH excluding ortho intramolecular Hbond substituents is 1. The smallest absolute Gasteiger partial charge is 0.342 e. The SMILES string of the molecule is Cc1cccc(C(=O)OCC(=O)C=C2N(C)c3ccccc3C2(C)C)c1O. The molecule has 0 saturated heterocycles. The van der Waals surface area contributed by atoms with E-state index < -0.39 is 5.97 Å². The summed E-state index contributed by atoms with van der Waals surface area (Å²) in [5, 5.41) is 9.96. The lowest BCUT2D eigenvalue weighted by Gasteiger charge is -2.23. The molecule has 1 heterocycles. The van der Waals surface area contributed by atoms with E-state index in [4.69, 9.17) is 4.74 Å². The van der Waals surface area contributed by atoms with Crippen molar-refractivity contribution in [2.75, 3.05) is 18.6 Å². The summed E-state index contributed by atoms with van der Waals surface area (Å²) < 4.78 is 5.10. The first kappa shape index (κ1) is 18.7. The summed E-state index contributed by atoms with van der Waals surface area (Å²) in [4.78, 5) is 26.6. The molecule has 3 rings (SSSR count). The molecule has 1 aliphatic heterocycles. The Labute approximate surface area is 158 Å². The van der Waals surface area contributed by atoms with Crippen molar-refractivity contribution in [1.82, 2.24) is 0 Å². The quantitative estimate of drug-likeness (QED) is 0.660. The Balaban J connectivity index is 1.74. The molecule has 5 heteroatoms. The number of carbonyl (C=O) groups excluding carboxylic acids is 2. The highest BCUT2D eigenvalue weighted by atomic mass is 16.5. The standard InChI is InChI=1S/C22H23NO4/c1-14-8-7-9-16(20(14)25)21(26)27-13-15(24)12-19-22(2,3)17-10-5-6-11-18(17)23(19)4/h5-12,25H,13H2,1-4H3. The average Bonchev–Trinajstić information content (AvgIpc) is 2.83. The number of ether oxygens (including phenoxy) is 1. The third-order valence-corrected chi connectivity index (χ3v) is 5.04. The van der Waals surface area contributed by atoms with Crippen molar-refractivity contribution in [3.63, 3.8) is 0 Å². The summed E-state index contributed by atoms with van der Waals surface area (Å²) in [7, 11) is 1.92. The van der Waals surface area contributed by atoms with E-state index in [0.717, 1.165) is 16.9 Å². The molecule has 0 amide bonds. The number of fused-ring (bicyclic) bond motifs is 1. The van der Waals surface area contributed by atoms with Crippen LogP contribution in [0.1, 0.15) is 35.3 Å². The molecule has 2 aromatic rings. The summed E-state index contributed by atoms with van der Waals surface area (Å²) in [6, 6.07) is 12.8. The van der Waals surface area contributed by atoms with Gasteiger partial charge >= 0.3 is 5.97 Å². The summed E-state index contributed by atoms with van der Waals surface area (Å²) >= 11 is 0. The van der Waals surface area contributed by atoms with Crippen molar-refractivity contribution < 1.29 is 19.4 Å². The van der Waals surface area contributed by atoms with Crippen LogP contribution in [0.2, 0.25) is 0 Å². The number of para-hydroxylation sites is 2. The summed E-state index contributed by atoms with van der Waals surface area (Å²) in [6.07, 6.45) is 1.53. The number of aryl methyl sites for hydroxylation is 1. The van der Waals surface area contributed by atoms with Crippen LogP contribution in [0.15, 0.2) is 54.2 Å². The van der Waals surface area contributed by atoms with E-state index >= 15 is 0 Å². The third-order valence-electron chi connectivity index (χ3n) is 5.04. The minimum Gasteiger partial charge on any atom is -0.507 e. The number of aromatic hydroxyl groups is 1. The van der Waals surface area contributed by atoms with Crippen molar-refractivity contribution in [3.05, 3.63) is 70.9 Å². The number of ketones is 1. The topological polar surface area (TPSA) is 66.8 Å². The Morgan fingerprint density at radius 2 is 1.85 bits per heavy atom. The zero-order valence-electron chi connectivity index (χ0n) is 15.9. The van der Waals surface area contributed by atoms with Crippen LogP contribution in [0.3, 0.4) is 0 Å². The van der Waals surface area contributed by atoms with E-state index in [2.05, 4.69) is 19.9 Å². The molecular formula is C22H23NO4. The molecule has 0 unspecified atom stereocenters. The largest absolute Gasteiger partial charge is 0.507 e. The predicted molar refractivity (Wildman–Crippen MR) is 104 cm³/mol. The van der Waals surface area contributed by atoms with Crippen LogP contribution in [0.5, 0.6) is 5.75 Å². The van der Waals surface area contributed by atoms with Gasteiger partial charge in [-0.15, -0.1) is 0 Å². The van der Waals surface area contributed by atoms with Gasteiger partial charge in [-0.1, -0.05) is 44.2 Å². The Kier molecular flexibility index (Phi) is 4.79. The van der Waals surface area contributed by atoms with E-state index in [1.54, 1.807) is 19.1 Å². The molecule has 27 heavy (non-hydrogen) atoms. The second-order valence-corrected chi connectivity index (χ2v) is 7.24. The number of esters is 1. The maximum atomic E-state index is 12.4. The molecule has 2 aromatic carbocycles. The average molecular weight is 365 g/mol. The molecule has 1 N–H and O–H groups in total. The first-order valence-electron chi connectivity index (χ1n) is 8.77. The van der Waals surface area contributed by atoms with Crippen LogP contribution in [-0.2, 0) is 14.9 Å². The number of anilines is 1. The molecule has 0 aliphatic carbocycles. The van der Waals surface area contributed by atoms with Crippen molar-refractivity contribution in [3.8, 4) is 5.75 Å². The maximum absolute atomic E-state index is 12.4. The third kappa shape index (κ3) is 3.33. The van der Waals surface area contributed by atoms with Crippen molar-refractivity contribution >= 4 is 17.4 Å². The highest BCUT2D eigenvalue weighted by molar-refractivity contribution is 5.97. The van der Waals surface area contributed by atoms with Gasteiger partial charge in [-0.2, -0.15) is 0 Å². The normalized spacial score (nSPS) is 16.3. The number of phenols is 1. The van der Waals surface area contributed by atoms with E-state index in [9.17, 15) is 14.7 Å². The van der Waals surface area contributed by atoms with Crippen molar-refractivity contribution in [1.29, 1.82) is 0 Å². The number of allylic oxidation sites excluding steroid dienone is 1. The lowest BCUT2D eigenvalue weighted by molar-refractivity contribution is -0.117. The lowest BCUT2D eigenvalue weighted by Crippen LogP contribution is -2.25.